The lowest BCUT2D eigenvalue weighted by atomic mass is 10.2. The van der Waals surface area contributed by atoms with E-state index in [1.165, 1.54) is 0 Å². The van der Waals surface area contributed by atoms with E-state index in [0.29, 0.717) is 18.7 Å². The first-order chi connectivity index (χ1) is 10.9. The highest BCUT2D eigenvalue weighted by Crippen LogP contribution is 2.16. The highest BCUT2D eigenvalue weighted by Gasteiger charge is 2.16. The Labute approximate surface area is 151 Å². The lowest BCUT2D eigenvalue weighted by molar-refractivity contribution is -0.120. The fourth-order valence-corrected chi connectivity index (χ4v) is 3.41. The largest absolute Gasteiger partial charge is 0.355 e. The second-order valence-corrected chi connectivity index (χ2v) is 7.25. The summed E-state index contributed by atoms with van der Waals surface area (Å²) in [6.45, 7) is 7.95. The van der Waals surface area contributed by atoms with Gasteiger partial charge in [0, 0.05) is 26.1 Å². The van der Waals surface area contributed by atoms with Gasteiger partial charge in [0.1, 0.15) is 0 Å². The van der Waals surface area contributed by atoms with Crippen LogP contribution in [0, 0.1) is 13.8 Å². The number of carbonyl (C=O) groups excluding carboxylic acids is 1. The van der Waals surface area contributed by atoms with Crippen LogP contribution in [0.25, 0.3) is 0 Å². The Bertz CT molecular complexity index is 621. The van der Waals surface area contributed by atoms with E-state index in [2.05, 4.69) is 22.3 Å². The van der Waals surface area contributed by atoms with Crippen molar-refractivity contribution in [3.8, 4) is 0 Å². The minimum absolute atomic E-state index is 0. The Kier molecular flexibility index (Phi) is 10.9. The molecule has 8 heteroatoms. The van der Waals surface area contributed by atoms with E-state index < -0.39 is 10.0 Å². The second kappa shape index (κ2) is 11.4. The molecular weight excluding hydrogens is 350 g/mol. The molecular formula is C16H28ClN3O3S. The number of amides is 1. The third-order valence-corrected chi connectivity index (χ3v) is 4.93. The zero-order valence-corrected chi connectivity index (χ0v) is 16.1. The van der Waals surface area contributed by atoms with Crippen molar-refractivity contribution >= 4 is 28.3 Å². The lowest BCUT2D eigenvalue weighted by Crippen LogP contribution is -2.34. The van der Waals surface area contributed by atoms with E-state index in [1.54, 1.807) is 19.1 Å². The fraction of sp³-hybridized carbons (Fsp3) is 0.562. The molecule has 1 rings (SSSR count). The number of hydrogen-bond acceptors (Lipinski definition) is 4. The Balaban J connectivity index is 0.00000529. The molecule has 1 amide bonds. The molecule has 0 aliphatic carbocycles. The van der Waals surface area contributed by atoms with E-state index >= 15 is 0 Å². The van der Waals surface area contributed by atoms with Crippen LogP contribution in [0.2, 0.25) is 0 Å². The van der Waals surface area contributed by atoms with Crippen molar-refractivity contribution in [1.29, 1.82) is 0 Å². The topological polar surface area (TPSA) is 87.3 Å². The van der Waals surface area contributed by atoms with Gasteiger partial charge in [-0.15, -0.1) is 12.4 Å². The van der Waals surface area contributed by atoms with Gasteiger partial charge in [0.25, 0.3) is 0 Å². The molecule has 138 valence electrons. The molecule has 1 aromatic rings. The number of rotatable bonds is 10. The third kappa shape index (κ3) is 8.10. The van der Waals surface area contributed by atoms with E-state index in [-0.39, 0.29) is 36.2 Å². The molecule has 0 heterocycles. The number of halogens is 1. The highest BCUT2D eigenvalue weighted by molar-refractivity contribution is 7.89. The number of benzene rings is 1. The average Bonchev–Trinajstić information content (AvgIpc) is 2.49. The molecule has 0 aliphatic rings. The molecule has 0 aliphatic heterocycles. The maximum atomic E-state index is 12.3. The molecule has 3 N–H and O–H groups in total. The maximum Gasteiger partial charge on any atom is 0.240 e. The number of sulfonamides is 1. The number of nitrogens with one attached hydrogen (secondary N) is 3. The molecule has 0 fully saturated rings. The molecule has 0 aromatic heterocycles. The molecule has 1 aromatic carbocycles. The van der Waals surface area contributed by atoms with Gasteiger partial charge in [0.05, 0.1) is 4.90 Å². The fourth-order valence-electron chi connectivity index (χ4n) is 2.05. The Morgan fingerprint density at radius 2 is 1.79 bits per heavy atom. The van der Waals surface area contributed by atoms with Crippen LogP contribution < -0.4 is 15.4 Å². The Morgan fingerprint density at radius 1 is 1.08 bits per heavy atom. The van der Waals surface area contributed by atoms with Crippen LogP contribution in [0.15, 0.2) is 23.1 Å². The van der Waals surface area contributed by atoms with Crippen molar-refractivity contribution in [3.63, 3.8) is 0 Å². The molecule has 24 heavy (non-hydrogen) atoms. The maximum absolute atomic E-state index is 12.3. The van der Waals surface area contributed by atoms with Crippen LogP contribution in [-0.2, 0) is 14.8 Å². The molecule has 0 atom stereocenters. The number of aryl methyl sites for hydroxylation is 2. The van der Waals surface area contributed by atoms with Gasteiger partial charge in [-0.3, -0.25) is 4.79 Å². The molecule has 6 nitrogen and oxygen atoms in total. The molecule has 0 bridgehead atoms. The van der Waals surface area contributed by atoms with E-state index in [9.17, 15) is 13.2 Å². The summed E-state index contributed by atoms with van der Waals surface area (Å²) in [4.78, 5) is 11.9. The molecule has 0 saturated heterocycles. The van der Waals surface area contributed by atoms with Crippen LogP contribution in [0.4, 0.5) is 0 Å². The van der Waals surface area contributed by atoms with Crippen molar-refractivity contribution in [3.05, 3.63) is 29.3 Å². The quantitative estimate of drug-likeness (QED) is 0.539. The van der Waals surface area contributed by atoms with E-state index in [4.69, 9.17) is 0 Å². The summed E-state index contributed by atoms with van der Waals surface area (Å²) < 4.78 is 27.0. The average molecular weight is 378 g/mol. The highest BCUT2D eigenvalue weighted by atomic mass is 35.5. The predicted molar refractivity (Wildman–Crippen MR) is 99.1 cm³/mol. The normalized spacial score (nSPS) is 11.0. The summed E-state index contributed by atoms with van der Waals surface area (Å²) in [5.74, 6) is -0.160. The zero-order valence-electron chi connectivity index (χ0n) is 14.5. The van der Waals surface area contributed by atoms with Gasteiger partial charge >= 0.3 is 0 Å². The lowest BCUT2D eigenvalue weighted by Gasteiger charge is -2.10. The number of hydrogen-bond donors (Lipinski definition) is 3. The van der Waals surface area contributed by atoms with Crippen molar-refractivity contribution in [2.24, 2.45) is 0 Å². The first-order valence-electron chi connectivity index (χ1n) is 7.91. The Morgan fingerprint density at radius 3 is 2.46 bits per heavy atom. The predicted octanol–water partition coefficient (Wildman–Crippen LogP) is 1.51. The summed E-state index contributed by atoms with van der Waals surface area (Å²) in [5.41, 5.74) is 1.57. The summed E-state index contributed by atoms with van der Waals surface area (Å²) in [6, 6.07) is 5.28. The summed E-state index contributed by atoms with van der Waals surface area (Å²) >= 11 is 0. The first-order valence-corrected chi connectivity index (χ1v) is 9.39. The smallest absolute Gasteiger partial charge is 0.240 e. The molecule has 0 radical (unpaired) electrons. The molecule has 0 unspecified atom stereocenters. The van der Waals surface area contributed by atoms with Crippen molar-refractivity contribution in [2.45, 2.75) is 38.5 Å². The van der Waals surface area contributed by atoms with Crippen molar-refractivity contribution < 1.29 is 13.2 Å². The van der Waals surface area contributed by atoms with Gasteiger partial charge in [0.15, 0.2) is 0 Å². The van der Waals surface area contributed by atoms with Gasteiger partial charge in [0.2, 0.25) is 15.9 Å². The van der Waals surface area contributed by atoms with Gasteiger partial charge in [-0.05, 0) is 44.0 Å². The monoisotopic (exact) mass is 377 g/mol. The zero-order chi connectivity index (χ0) is 17.3. The van der Waals surface area contributed by atoms with Crippen LogP contribution in [0.1, 0.15) is 30.9 Å². The van der Waals surface area contributed by atoms with Crippen LogP contribution >= 0.6 is 12.4 Å². The second-order valence-electron chi connectivity index (χ2n) is 5.52. The minimum Gasteiger partial charge on any atom is -0.355 e. The van der Waals surface area contributed by atoms with Gasteiger partial charge < -0.3 is 10.6 Å². The van der Waals surface area contributed by atoms with Crippen LogP contribution in [0.5, 0.6) is 0 Å². The van der Waals surface area contributed by atoms with Gasteiger partial charge in [-0.2, -0.15) is 0 Å². The Hall–Kier alpha value is -1.15. The van der Waals surface area contributed by atoms with Crippen molar-refractivity contribution in [2.75, 3.05) is 26.2 Å². The van der Waals surface area contributed by atoms with E-state index in [0.717, 1.165) is 18.5 Å². The molecule has 0 spiro atoms. The summed E-state index contributed by atoms with van der Waals surface area (Å²) in [5, 5.41) is 5.93. The van der Waals surface area contributed by atoms with E-state index in [1.807, 2.05) is 13.0 Å². The minimum atomic E-state index is -3.58. The summed E-state index contributed by atoms with van der Waals surface area (Å²) in [7, 11) is -3.58. The van der Waals surface area contributed by atoms with Gasteiger partial charge in [-0.1, -0.05) is 19.1 Å². The van der Waals surface area contributed by atoms with Crippen LogP contribution in [0.3, 0.4) is 0 Å². The van der Waals surface area contributed by atoms with Crippen molar-refractivity contribution in [1.82, 2.24) is 15.4 Å². The van der Waals surface area contributed by atoms with Gasteiger partial charge in [-0.25, -0.2) is 13.1 Å². The number of carbonyl (C=O) groups is 1. The van der Waals surface area contributed by atoms with Crippen LogP contribution in [-0.4, -0.2) is 40.5 Å². The summed E-state index contributed by atoms with van der Waals surface area (Å²) in [6.07, 6.45) is 1.17. The molecule has 0 saturated carbocycles. The first kappa shape index (κ1) is 22.9. The standard InChI is InChI=1S/C16H27N3O3S.ClH/c1-4-8-17-10-11-18-16(20)7-9-19-23(21,22)15-12-13(2)5-6-14(15)3;/h5-6,12,17,19H,4,7-11H2,1-3H3,(H,18,20);1H. The third-order valence-electron chi connectivity index (χ3n) is 3.33. The SMILES string of the molecule is CCCNCCNC(=O)CCNS(=O)(=O)c1cc(C)ccc1C.Cl.